The van der Waals surface area contributed by atoms with Crippen LogP contribution in [0.2, 0.25) is 0 Å². The van der Waals surface area contributed by atoms with Crippen molar-refractivity contribution in [2.45, 2.75) is 277 Å². The second-order valence-electron chi connectivity index (χ2n) is 19.0. The smallest absolute Gasteiger partial charge is 0.306 e. The van der Waals surface area contributed by atoms with E-state index in [-0.39, 0.29) is 25.2 Å². The maximum absolute atomic E-state index is 12.3. The van der Waals surface area contributed by atoms with E-state index in [1.165, 1.54) is 161 Å². The number of unbranched alkanes of at least 4 members (excludes halogenated alkanes) is 28. The van der Waals surface area contributed by atoms with E-state index < -0.39 is 6.10 Å². The molecule has 0 radical (unpaired) electrons. The number of rotatable bonds is 52. The zero-order valence-electron chi connectivity index (χ0n) is 44.6. The van der Waals surface area contributed by atoms with Crippen LogP contribution in [0.15, 0.2) is 97.2 Å². The molecule has 5 nitrogen and oxygen atoms in total. The molecular formula is C63H108O5. The molecule has 0 rings (SSSR count). The van der Waals surface area contributed by atoms with Crippen LogP contribution >= 0.6 is 0 Å². The summed E-state index contributed by atoms with van der Waals surface area (Å²) in [7, 11) is 0. The number of hydrogen-bond acceptors (Lipinski definition) is 5. The van der Waals surface area contributed by atoms with Crippen molar-refractivity contribution in [1.29, 1.82) is 0 Å². The Morgan fingerprint density at radius 2 is 0.632 bits per heavy atom. The third-order valence-electron chi connectivity index (χ3n) is 12.4. The molecule has 1 N–H and O–H groups in total. The zero-order chi connectivity index (χ0) is 49.2. The molecule has 0 aliphatic rings. The minimum atomic E-state index is -0.780. The van der Waals surface area contributed by atoms with E-state index >= 15 is 0 Å². The summed E-state index contributed by atoms with van der Waals surface area (Å²) in [6.45, 7) is 4.03. The van der Waals surface area contributed by atoms with Gasteiger partial charge in [-0.1, -0.05) is 259 Å². The van der Waals surface area contributed by atoms with Gasteiger partial charge in [0.2, 0.25) is 0 Å². The Balaban J connectivity index is 3.52. The molecule has 0 saturated heterocycles. The van der Waals surface area contributed by atoms with Crippen molar-refractivity contribution in [3.8, 4) is 0 Å². The first-order valence-corrected chi connectivity index (χ1v) is 28.8. The van der Waals surface area contributed by atoms with E-state index in [2.05, 4.69) is 111 Å². The molecule has 5 heteroatoms. The summed E-state index contributed by atoms with van der Waals surface area (Å²) in [5.41, 5.74) is 0. The van der Waals surface area contributed by atoms with Gasteiger partial charge >= 0.3 is 11.9 Å². The molecule has 0 bridgehead atoms. The van der Waals surface area contributed by atoms with Crippen molar-refractivity contribution < 1.29 is 24.2 Å². The number of carbonyl (C=O) groups is 2. The van der Waals surface area contributed by atoms with Crippen molar-refractivity contribution in [1.82, 2.24) is 0 Å². The minimum absolute atomic E-state index is 0.0704. The molecule has 0 aliphatic heterocycles. The van der Waals surface area contributed by atoms with E-state index in [1.807, 2.05) is 0 Å². The number of hydrogen-bond donors (Lipinski definition) is 1. The van der Waals surface area contributed by atoms with Gasteiger partial charge in [-0.3, -0.25) is 9.59 Å². The number of esters is 2. The summed E-state index contributed by atoms with van der Waals surface area (Å²) in [6.07, 6.45) is 82.3. The van der Waals surface area contributed by atoms with Gasteiger partial charge in [-0.2, -0.15) is 0 Å². The molecule has 0 aliphatic carbocycles. The van der Waals surface area contributed by atoms with Crippen LogP contribution in [0.3, 0.4) is 0 Å². The van der Waals surface area contributed by atoms with Gasteiger partial charge in [-0.25, -0.2) is 0 Å². The molecule has 0 aromatic carbocycles. The molecule has 0 heterocycles. The van der Waals surface area contributed by atoms with Crippen LogP contribution in [0.1, 0.15) is 271 Å². The predicted octanol–water partition coefficient (Wildman–Crippen LogP) is 19.5. The Morgan fingerprint density at radius 1 is 0.353 bits per heavy atom. The molecule has 390 valence electrons. The largest absolute Gasteiger partial charge is 0.462 e. The zero-order valence-corrected chi connectivity index (χ0v) is 44.6. The van der Waals surface area contributed by atoms with E-state index in [4.69, 9.17) is 9.47 Å². The molecule has 1 atom stereocenters. The number of allylic oxidation sites excluding steroid dienone is 16. The average molecular weight is 946 g/mol. The van der Waals surface area contributed by atoms with Crippen LogP contribution in [-0.4, -0.2) is 36.4 Å². The summed E-state index contributed by atoms with van der Waals surface area (Å²) < 4.78 is 10.7. The molecule has 0 aromatic heterocycles. The number of aliphatic hydroxyl groups excluding tert-OH is 1. The summed E-state index contributed by atoms with van der Waals surface area (Å²) in [5.74, 6) is -0.592. The highest BCUT2D eigenvalue weighted by molar-refractivity contribution is 5.70. The molecule has 68 heavy (non-hydrogen) atoms. The maximum atomic E-state index is 12.3. The van der Waals surface area contributed by atoms with Crippen molar-refractivity contribution in [3.05, 3.63) is 97.2 Å². The van der Waals surface area contributed by atoms with Crippen LogP contribution < -0.4 is 0 Å². The average Bonchev–Trinajstić information content (AvgIpc) is 3.34. The lowest BCUT2D eigenvalue weighted by Crippen LogP contribution is -2.28. The fourth-order valence-electron chi connectivity index (χ4n) is 8.06. The molecule has 0 amide bonds. The highest BCUT2D eigenvalue weighted by Crippen LogP contribution is 2.16. The van der Waals surface area contributed by atoms with Crippen molar-refractivity contribution in [2.75, 3.05) is 13.2 Å². The standard InChI is InChI=1S/C63H108O5/c1-3-5-7-9-11-13-15-17-19-21-23-25-27-28-29-30-31-32-33-34-36-38-40-42-44-46-48-50-52-54-56-58-63(66)68-61(59-64)60-67-62(65)57-55-53-51-49-47-45-43-41-39-37-35-26-24-22-20-18-16-14-12-10-8-6-4-2/h5,7,11,13,16-19,22-25,28-29,31-32,61,64H,3-4,6,8-10,12,14-15,20-21,26-27,30,33-60H2,1-2H3/b7-5-,13-11-,18-16-,19-17-,24-22-,25-23-,29-28-,32-31-. The lowest BCUT2D eigenvalue weighted by molar-refractivity contribution is -0.161. The Morgan fingerprint density at radius 3 is 0.956 bits per heavy atom. The second-order valence-corrected chi connectivity index (χ2v) is 19.0. The van der Waals surface area contributed by atoms with E-state index in [1.54, 1.807) is 0 Å². The van der Waals surface area contributed by atoms with Crippen LogP contribution in [0.25, 0.3) is 0 Å². The Hall–Kier alpha value is -3.18. The normalized spacial score (nSPS) is 12.9. The van der Waals surface area contributed by atoms with Crippen LogP contribution in [0, 0.1) is 0 Å². The maximum Gasteiger partial charge on any atom is 0.306 e. The van der Waals surface area contributed by atoms with Gasteiger partial charge in [0.25, 0.3) is 0 Å². The quantitative estimate of drug-likeness (QED) is 0.0374. The highest BCUT2D eigenvalue weighted by atomic mass is 16.6. The molecule has 0 fully saturated rings. The van der Waals surface area contributed by atoms with Crippen LogP contribution in [0.4, 0.5) is 0 Å². The van der Waals surface area contributed by atoms with Gasteiger partial charge in [-0.05, 0) is 96.3 Å². The van der Waals surface area contributed by atoms with Crippen LogP contribution in [0.5, 0.6) is 0 Å². The third-order valence-corrected chi connectivity index (χ3v) is 12.4. The summed E-state index contributed by atoms with van der Waals surface area (Å²) in [4.78, 5) is 24.5. The highest BCUT2D eigenvalue weighted by Gasteiger charge is 2.16. The van der Waals surface area contributed by atoms with Gasteiger partial charge in [0.15, 0.2) is 6.10 Å². The van der Waals surface area contributed by atoms with E-state index in [0.29, 0.717) is 12.8 Å². The van der Waals surface area contributed by atoms with Gasteiger partial charge in [-0.15, -0.1) is 0 Å². The van der Waals surface area contributed by atoms with Crippen molar-refractivity contribution in [3.63, 3.8) is 0 Å². The number of ether oxygens (including phenoxy) is 2. The third kappa shape index (κ3) is 55.4. The van der Waals surface area contributed by atoms with Gasteiger partial charge in [0, 0.05) is 12.8 Å². The fraction of sp³-hybridized carbons (Fsp3) is 0.714. The number of aliphatic hydroxyl groups is 1. The summed E-state index contributed by atoms with van der Waals surface area (Å²) in [5, 5.41) is 9.66. The Kier molecular flexibility index (Phi) is 55.4. The first kappa shape index (κ1) is 64.8. The molecule has 1 unspecified atom stereocenters. The van der Waals surface area contributed by atoms with Gasteiger partial charge in [0.05, 0.1) is 6.61 Å². The van der Waals surface area contributed by atoms with Crippen molar-refractivity contribution in [2.24, 2.45) is 0 Å². The number of carbonyl (C=O) groups excluding carboxylic acids is 2. The van der Waals surface area contributed by atoms with Crippen molar-refractivity contribution >= 4 is 11.9 Å². The predicted molar refractivity (Wildman–Crippen MR) is 297 cm³/mol. The van der Waals surface area contributed by atoms with Gasteiger partial charge in [0.1, 0.15) is 6.61 Å². The van der Waals surface area contributed by atoms with Gasteiger partial charge < -0.3 is 14.6 Å². The minimum Gasteiger partial charge on any atom is -0.462 e. The molecule has 0 aromatic rings. The lowest BCUT2D eigenvalue weighted by atomic mass is 10.0. The van der Waals surface area contributed by atoms with E-state index in [0.717, 1.165) is 83.5 Å². The monoisotopic (exact) mass is 945 g/mol. The summed E-state index contributed by atoms with van der Waals surface area (Å²) in [6, 6.07) is 0. The SMILES string of the molecule is CC/C=C\C/C=C\C/C=C\C/C=C\C/C=C\C/C=C\CCCCCCCCCCCCCCC(=O)OC(CO)COC(=O)CCCCCCCCCCCCC/C=C\C/C=C\CCCCCCC. The van der Waals surface area contributed by atoms with E-state index in [9.17, 15) is 14.7 Å². The fourth-order valence-corrected chi connectivity index (χ4v) is 8.06. The molecule has 0 saturated carbocycles. The summed E-state index contributed by atoms with van der Waals surface area (Å²) >= 11 is 0. The second kappa shape index (κ2) is 58.1. The first-order valence-electron chi connectivity index (χ1n) is 28.8. The lowest BCUT2D eigenvalue weighted by Gasteiger charge is -2.15. The first-order chi connectivity index (χ1) is 33.6. The molecular weight excluding hydrogens is 837 g/mol. The topological polar surface area (TPSA) is 72.8 Å². The Bertz CT molecular complexity index is 1300. The van der Waals surface area contributed by atoms with Crippen LogP contribution in [-0.2, 0) is 19.1 Å². The Labute approximate surface area is 421 Å². The molecule has 0 spiro atoms.